The lowest BCUT2D eigenvalue weighted by Gasteiger charge is -2.08. The Morgan fingerprint density at radius 3 is 2.32 bits per heavy atom. The zero-order chi connectivity index (χ0) is 18.0. The van der Waals surface area contributed by atoms with Crippen molar-refractivity contribution in [1.82, 2.24) is 25.6 Å². The molecular weight excluding hydrogens is 342 g/mol. The summed E-state index contributed by atoms with van der Waals surface area (Å²) in [4.78, 5) is 26.6. The van der Waals surface area contributed by atoms with E-state index in [2.05, 4.69) is 20.9 Å². The van der Waals surface area contributed by atoms with Crippen LogP contribution >= 0.6 is 11.6 Å². The third kappa shape index (κ3) is 3.41. The molecule has 25 heavy (non-hydrogen) atoms. The number of hydrazine groups is 1. The Hall–Kier alpha value is -3.06. The predicted octanol–water partition coefficient (Wildman–Crippen LogP) is 2.55. The van der Waals surface area contributed by atoms with Gasteiger partial charge in [-0.05, 0) is 50.2 Å². The molecule has 7 nitrogen and oxygen atoms in total. The lowest BCUT2D eigenvalue weighted by Crippen LogP contribution is -2.41. The topological polar surface area (TPSA) is 91.8 Å². The molecule has 2 heterocycles. The van der Waals surface area contributed by atoms with Crippen LogP contribution < -0.4 is 10.9 Å². The monoisotopic (exact) mass is 357 g/mol. The molecule has 0 aliphatic carbocycles. The van der Waals surface area contributed by atoms with Gasteiger partial charge in [-0.15, -0.1) is 0 Å². The predicted molar refractivity (Wildman–Crippen MR) is 93.8 cm³/mol. The average Bonchev–Trinajstić information content (AvgIpc) is 3.24. The van der Waals surface area contributed by atoms with E-state index in [0.29, 0.717) is 16.3 Å². The first-order chi connectivity index (χ1) is 12.0. The zero-order valence-electron chi connectivity index (χ0n) is 13.6. The van der Waals surface area contributed by atoms with E-state index in [1.54, 1.807) is 47.3 Å². The van der Waals surface area contributed by atoms with Gasteiger partial charge < -0.3 is 4.98 Å². The molecule has 1 aromatic carbocycles. The van der Waals surface area contributed by atoms with Crippen molar-refractivity contribution in [3.63, 3.8) is 0 Å². The lowest BCUT2D eigenvalue weighted by molar-refractivity contribution is 0.0844. The number of aromatic nitrogens is 3. The number of hydrogen-bond donors (Lipinski definition) is 3. The maximum Gasteiger partial charge on any atom is 0.286 e. The van der Waals surface area contributed by atoms with Crippen LogP contribution in [0.5, 0.6) is 0 Å². The Kier molecular flexibility index (Phi) is 4.58. The van der Waals surface area contributed by atoms with Gasteiger partial charge in [0.05, 0.1) is 22.1 Å². The number of aryl methyl sites for hydroxylation is 1. The fourth-order valence-electron chi connectivity index (χ4n) is 2.35. The number of carbonyl (C=O) groups excluding carboxylic acids is 2. The van der Waals surface area contributed by atoms with Gasteiger partial charge in [0.15, 0.2) is 0 Å². The molecule has 3 rings (SSSR count). The molecule has 0 aliphatic heterocycles. The van der Waals surface area contributed by atoms with Gasteiger partial charge in [0.25, 0.3) is 11.8 Å². The molecular formula is C17H16ClN5O2. The van der Waals surface area contributed by atoms with Crippen LogP contribution in [0.4, 0.5) is 0 Å². The van der Waals surface area contributed by atoms with Gasteiger partial charge in [-0.1, -0.05) is 11.6 Å². The van der Waals surface area contributed by atoms with Crippen LogP contribution in [0, 0.1) is 13.8 Å². The molecule has 0 saturated carbocycles. The number of carbonyl (C=O) groups is 2. The van der Waals surface area contributed by atoms with Gasteiger partial charge in [0.2, 0.25) is 0 Å². The first-order valence-electron chi connectivity index (χ1n) is 7.53. The van der Waals surface area contributed by atoms with E-state index in [9.17, 15) is 9.59 Å². The number of rotatable bonds is 3. The van der Waals surface area contributed by atoms with Crippen LogP contribution in [-0.4, -0.2) is 26.6 Å². The lowest BCUT2D eigenvalue weighted by atomic mass is 10.2. The van der Waals surface area contributed by atoms with Crippen LogP contribution in [0.15, 0.2) is 42.6 Å². The van der Waals surface area contributed by atoms with E-state index >= 15 is 0 Å². The number of benzene rings is 1. The molecule has 2 aromatic heterocycles. The fourth-order valence-corrected chi connectivity index (χ4v) is 2.47. The molecule has 0 saturated heterocycles. The first kappa shape index (κ1) is 16.8. The molecule has 0 bridgehead atoms. The minimum atomic E-state index is -0.424. The Balaban J connectivity index is 1.68. The molecule has 3 N–H and O–H groups in total. The van der Waals surface area contributed by atoms with Crippen LogP contribution in [0.1, 0.15) is 32.2 Å². The third-order valence-electron chi connectivity index (χ3n) is 3.71. The number of halogens is 1. The Labute approximate surface area is 149 Å². The summed E-state index contributed by atoms with van der Waals surface area (Å²) in [5, 5.41) is 4.99. The maximum absolute atomic E-state index is 12.1. The molecule has 128 valence electrons. The highest BCUT2D eigenvalue weighted by Gasteiger charge is 2.12. The highest BCUT2D eigenvalue weighted by atomic mass is 35.5. The molecule has 0 atom stereocenters. The third-order valence-corrected chi connectivity index (χ3v) is 4.26. The van der Waals surface area contributed by atoms with Crippen LogP contribution in [0.25, 0.3) is 5.69 Å². The van der Waals surface area contributed by atoms with Gasteiger partial charge in [-0.2, -0.15) is 5.10 Å². The van der Waals surface area contributed by atoms with Gasteiger partial charge in [0, 0.05) is 11.8 Å². The smallest absolute Gasteiger partial charge is 0.286 e. The summed E-state index contributed by atoms with van der Waals surface area (Å²) in [6, 6.07) is 10.1. The fraction of sp³-hybridized carbons (Fsp3) is 0.118. The number of nitrogens with zero attached hydrogens (tertiary/aromatic N) is 2. The van der Waals surface area contributed by atoms with Crippen molar-refractivity contribution in [2.24, 2.45) is 0 Å². The van der Waals surface area contributed by atoms with E-state index in [0.717, 1.165) is 17.1 Å². The van der Waals surface area contributed by atoms with Crippen molar-refractivity contribution in [3.8, 4) is 5.69 Å². The number of H-pyrrole nitrogens is 1. The summed E-state index contributed by atoms with van der Waals surface area (Å²) in [6.07, 6.45) is 1.63. The second kappa shape index (κ2) is 6.82. The van der Waals surface area contributed by atoms with E-state index in [1.807, 2.05) is 13.8 Å². The highest BCUT2D eigenvalue weighted by molar-refractivity contribution is 6.31. The van der Waals surface area contributed by atoms with Crippen molar-refractivity contribution in [1.29, 1.82) is 0 Å². The first-order valence-corrected chi connectivity index (χ1v) is 7.91. The second-order valence-corrected chi connectivity index (χ2v) is 5.81. The summed E-state index contributed by atoms with van der Waals surface area (Å²) in [6.45, 7) is 3.71. The van der Waals surface area contributed by atoms with Crippen molar-refractivity contribution < 1.29 is 9.59 Å². The van der Waals surface area contributed by atoms with Gasteiger partial charge in [-0.25, -0.2) is 4.68 Å². The minimum Gasteiger partial charge on any atom is -0.357 e. The number of amides is 2. The molecule has 0 fully saturated rings. The summed E-state index contributed by atoms with van der Waals surface area (Å²) >= 11 is 6.15. The summed E-state index contributed by atoms with van der Waals surface area (Å²) < 4.78 is 1.71. The van der Waals surface area contributed by atoms with Gasteiger partial charge in [0.1, 0.15) is 5.69 Å². The standard InChI is InChI=1S/C17H16ClN5O2/c1-10-15(18)11(2)23(22-10)13-7-5-12(6-8-13)16(24)20-21-17(25)14-4-3-9-19-14/h3-9,19H,1-2H3,(H,20,24)(H,21,25). The van der Waals surface area contributed by atoms with Gasteiger partial charge in [-0.3, -0.25) is 20.4 Å². The largest absolute Gasteiger partial charge is 0.357 e. The van der Waals surface area contributed by atoms with Crippen molar-refractivity contribution >= 4 is 23.4 Å². The normalized spacial score (nSPS) is 10.5. The second-order valence-electron chi connectivity index (χ2n) is 5.44. The Morgan fingerprint density at radius 2 is 1.76 bits per heavy atom. The van der Waals surface area contributed by atoms with Gasteiger partial charge >= 0.3 is 0 Å². The molecule has 0 unspecified atom stereocenters. The van der Waals surface area contributed by atoms with Crippen molar-refractivity contribution in [2.75, 3.05) is 0 Å². The Morgan fingerprint density at radius 1 is 1.08 bits per heavy atom. The quantitative estimate of drug-likeness (QED) is 0.629. The highest BCUT2D eigenvalue weighted by Crippen LogP contribution is 2.22. The van der Waals surface area contributed by atoms with Crippen molar-refractivity contribution in [3.05, 3.63) is 70.3 Å². The van der Waals surface area contributed by atoms with E-state index in [-0.39, 0.29) is 0 Å². The zero-order valence-corrected chi connectivity index (χ0v) is 14.4. The van der Waals surface area contributed by atoms with E-state index < -0.39 is 11.8 Å². The maximum atomic E-state index is 12.1. The minimum absolute atomic E-state index is 0.358. The molecule has 0 aliphatic rings. The molecule has 3 aromatic rings. The number of hydrogen-bond acceptors (Lipinski definition) is 3. The average molecular weight is 358 g/mol. The van der Waals surface area contributed by atoms with Crippen molar-refractivity contribution in [2.45, 2.75) is 13.8 Å². The number of aromatic amines is 1. The van der Waals surface area contributed by atoms with Crippen LogP contribution in [0.3, 0.4) is 0 Å². The SMILES string of the molecule is Cc1nn(-c2ccc(C(=O)NNC(=O)c3ccc[nH]3)cc2)c(C)c1Cl. The molecule has 0 spiro atoms. The number of nitrogens with one attached hydrogen (secondary N) is 3. The summed E-state index contributed by atoms with van der Waals surface area (Å²) in [5.74, 6) is -0.842. The van der Waals surface area contributed by atoms with E-state index in [4.69, 9.17) is 11.6 Å². The van der Waals surface area contributed by atoms with Crippen LogP contribution in [-0.2, 0) is 0 Å². The Bertz CT molecular complexity index is 913. The van der Waals surface area contributed by atoms with Crippen LogP contribution in [0.2, 0.25) is 5.02 Å². The van der Waals surface area contributed by atoms with E-state index in [1.165, 1.54) is 0 Å². The summed E-state index contributed by atoms with van der Waals surface area (Å²) in [5.41, 5.74) is 7.84. The molecule has 8 heteroatoms. The molecule has 2 amide bonds. The summed E-state index contributed by atoms with van der Waals surface area (Å²) in [7, 11) is 0. The molecule has 0 radical (unpaired) electrons.